The minimum absolute atomic E-state index is 0.617. The monoisotopic (exact) mass is 254 g/mol. The van der Waals surface area contributed by atoms with Crippen molar-refractivity contribution in [3.63, 3.8) is 0 Å². The highest BCUT2D eigenvalue weighted by Gasteiger charge is 2.20. The van der Waals surface area contributed by atoms with Gasteiger partial charge in [-0.1, -0.05) is 37.9 Å². The molecule has 2 aliphatic rings. The number of nitrogens with one attached hydrogen (secondary N) is 1. The average molecular weight is 254 g/mol. The molecule has 0 aromatic heterocycles. The summed E-state index contributed by atoms with van der Waals surface area (Å²) < 4.78 is 0. The summed E-state index contributed by atoms with van der Waals surface area (Å²) >= 11 is 1.90. The van der Waals surface area contributed by atoms with Gasteiger partial charge in [0.05, 0.1) is 0 Å². The van der Waals surface area contributed by atoms with Crippen LogP contribution in [0.3, 0.4) is 0 Å². The summed E-state index contributed by atoms with van der Waals surface area (Å²) in [4.78, 5) is 4.78. The van der Waals surface area contributed by atoms with Crippen molar-refractivity contribution >= 4 is 16.9 Å². The molecule has 2 fully saturated rings. The summed E-state index contributed by atoms with van der Waals surface area (Å²) in [5, 5.41) is 4.68. The van der Waals surface area contributed by atoms with Crippen molar-refractivity contribution < 1.29 is 0 Å². The lowest BCUT2D eigenvalue weighted by Crippen LogP contribution is -2.35. The highest BCUT2D eigenvalue weighted by Crippen LogP contribution is 2.30. The molecule has 0 aromatic rings. The molecule has 0 bridgehead atoms. The molecule has 2 nitrogen and oxygen atoms in total. The maximum atomic E-state index is 4.78. The second-order valence-electron chi connectivity index (χ2n) is 5.62. The van der Waals surface area contributed by atoms with Gasteiger partial charge < -0.3 is 5.32 Å². The summed E-state index contributed by atoms with van der Waals surface area (Å²) in [6, 6.07) is 0.617. The Hall–Kier alpha value is -0.180. The summed E-state index contributed by atoms with van der Waals surface area (Å²) in [5.74, 6) is 3.08. The quantitative estimate of drug-likeness (QED) is 0.831. The summed E-state index contributed by atoms with van der Waals surface area (Å²) in [5.41, 5.74) is 0. The molecule has 3 heteroatoms. The Morgan fingerprint density at radius 2 is 1.88 bits per heavy atom. The fraction of sp³-hybridized carbons (Fsp3) is 0.929. The van der Waals surface area contributed by atoms with Crippen LogP contribution in [0.5, 0.6) is 0 Å². The first-order chi connectivity index (χ1) is 8.28. The van der Waals surface area contributed by atoms with Crippen molar-refractivity contribution in [2.45, 2.75) is 58.4 Å². The zero-order valence-electron chi connectivity index (χ0n) is 11.2. The van der Waals surface area contributed by atoms with E-state index in [0.29, 0.717) is 6.04 Å². The Bertz CT molecular complexity index is 257. The van der Waals surface area contributed by atoms with Crippen molar-refractivity contribution in [3.05, 3.63) is 0 Å². The second-order valence-corrected chi connectivity index (χ2v) is 6.71. The third-order valence-electron chi connectivity index (χ3n) is 4.20. The van der Waals surface area contributed by atoms with Gasteiger partial charge in [0, 0.05) is 18.3 Å². The van der Waals surface area contributed by atoms with Crippen molar-refractivity contribution in [2.24, 2.45) is 16.8 Å². The molecule has 1 saturated carbocycles. The zero-order valence-corrected chi connectivity index (χ0v) is 12.1. The van der Waals surface area contributed by atoms with Gasteiger partial charge in [-0.2, -0.15) is 0 Å². The molecule has 0 radical (unpaired) electrons. The van der Waals surface area contributed by atoms with E-state index in [2.05, 4.69) is 19.2 Å². The van der Waals surface area contributed by atoms with Crippen LogP contribution in [0.4, 0.5) is 0 Å². The van der Waals surface area contributed by atoms with E-state index in [0.717, 1.165) is 18.4 Å². The number of rotatable bonds is 3. The minimum atomic E-state index is 0.617. The van der Waals surface area contributed by atoms with Gasteiger partial charge in [0.2, 0.25) is 0 Å². The molecule has 1 N–H and O–H groups in total. The lowest BCUT2D eigenvalue weighted by molar-refractivity contribution is 0.274. The molecule has 0 aromatic carbocycles. The maximum absolute atomic E-state index is 4.78. The van der Waals surface area contributed by atoms with Crippen LogP contribution in [0.1, 0.15) is 52.4 Å². The molecule has 1 atom stereocenters. The van der Waals surface area contributed by atoms with E-state index < -0.39 is 0 Å². The van der Waals surface area contributed by atoms with Crippen LogP contribution in [0.15, 0.2) is 4.99 Å². The molecule has 1 saturated heterocycles. The van der Waals surface area contributed by atoms with Gasteiger partial charge in [-0.25, -0.2) is 0 Å². The lowest BCUT2D eigenvalue weighted by atomic mass is 9.81. The number of amidine groups is 1. The van der Waals surface area contributed by atoms with Crippen molar-refractivity contribution in [3.8, 4) is 0 Å². The zero-order chi connectivity index (χ0) is 12.1. The lowest BCUT2D eigenvalue weighted by Gasteiger charge is -2.27. The minimum Gasteiger partial charge on any atom is -0.362 e. The smallest absolute Gasteiger partial charge is 0.156 e. The first kappa shape index (κ1) is 13.3. The molecule has 1 unspecified atom stereocenters. The summed E-state index contributed by atoms with van der Waals surface area (Å²) in [6.07, 6.45) is 8.30. The normalized spacial score (nSPS) is 36.8. The Morgan fingerprint density at radius 3 is 2.53 bits per heavy atom. The van der Waals surface area contributed by atoms with Gasteiger partial charge in [-0.3, -0.25) is 4.99 Å². The fourth-order valence-corrected chi connectivity index (χ4v) is 3.90. The van der Waals surface area contributed by atoms with Crippen LogP contribution in [0.2, 0.25) is 0 Å². The number of nitrogens with zero attached hydrogens (tertiary/aromatic N) is 1. The van der Waals surface area contributed by atoms with Gasteiger partial charge in [-0.05, 0) is 38.0 Å². The van der Waals surface area contributed by atoms with E-state index >= 15 is 0 Å². The van der Waals surface area contributed by atoms with Crippen molar-refractivity contribution in [2.75, 3.05) is 12.3 Å². The third kappa shape index (κ3) is 4.20. The van der Waals surface area contributed by atoms with E-state index in [4.69, 9.17) is 4.99 Å². The van der Waals surface area contributed by atoms with Crippen molar-refractivity contribution in [1.29, 1.82) is 0 Å². The van der Waals surface area contributed by atoms with Gasteiger partial charge in [0.25, 0.3) is 0 Å². The molecule has 1 aliphatic carbocycles. The largest absolute Gasteiger partial charge is 0.362 e. The Kier molecular flexibility index (Phi) is 5.20. The van der Waals surface area contributed by atoms with Crippen molar-refractivity contribution in [1.82, 2.24) is 5.32 Å². The number of aliphatic imine (C=N–C) groups is 1. The van der Waals surface area contributed by atoms with Crippen LogP contribution >= 0.6 is 11.8 Å². The molecular weight excluding hydrogens is 228 g/mol. The maximum Gasteiger partial charge on any atom is 0.156 e. The summed E-state index contributed by atoms with van der Waals surface area (Å²) in [7, 11) is 0. The second kappa shape index (κ2) is 6.67. The molecule has 1 heterocycles. The van der Waals surface area contributed by atoms with Gasteiger partial charge in [0.15, 0.2) is 5.17 Å². The number of thioether (sulfide) groups is 1. The summed E-state index contributed by atoms with van der Waals surface area (Å²) in [6.45, 7) is 5.63. The number of hydrogen-bond acceptors (Lipinski definition) is 2. The first-order valence-electron chi connectivity index (χ1n) is 7.21. The highest BCUT2D eigenvalue weighted by molar-refractivity contribution is 8.13. The van der Waals surface area contributed by atoms with E-state index in [1.807, 2.05) is 11.8 Å². The number of hydrogen-bond donors (Lipinski definition) is 1. The van der Waals surface area contributed by atoms with Gasteiger partial charge in [-0.15, -0.1) is 0 Å². The standard InChI is InChI=1S/C14H26N2S/c1-3-12-4-6-13(7-5-12)10-15-14-16-11(2)8-9-17-14/h11-13H,3-10H2,1-2H3,(H,15,16). The van der Waals surface area contributed by atoms with Crippen LogP contribution < -0.4 is 5.32 Å². The average Bonchev–Trinajstić information content (AvgIpc) is 2.37. The van der Waals surface area contributed by atoms with Crippen LogP contribution in [-0.4, -0.2) is 23.5 Å². The molecule has 17 heavy (non-hydrogen) atoms. The topological polar surface area (TPSA) is 24.4 Å². The highest BCUT2D eigenvalue weighted by atomic mass is 32.2. The van der Waals surface area contributed by atoms with E-state index in [-0.39, 0.29) is 0 Å². The molecule has 2 rings (SSSR count). The SMILES string of the molecule is CCC1CCC(CN=C2NC(C)CCS2)CC1. The molecule has 1 aliphatic heterocycles. The molecule has 0 spiro atoms. The Balaban J connectivity index is 1.72. The molecular formula is C14H26N2S. The first-order valence-corrected chi connectivity index (χ1v) is 8.20. The fourth-order valence-electron chi connectivity index (χ4n) is 2.78. The third-order valence-corrected chi connectivity index (χ3v) is 5.16. The predicted molar refractivity (Wildman–Crippen MR) is 77.7 cm³/mol. The predicted octanol–water partition coefficient (Wildman–Crippen LogP) is 3.67. The molecule has 98 valence electrons. The van der Waals surface area contributed by atoms with Crippen LogP contribution in [0.25, 0.3) is 0 Å². The van der Waals surface area contributed by atoms with E-state index in [9.17, 15) is 0 Å². The van der Waals surface area contributed by atoms with Gasteiger partial charge in [0.1, 0.15) is 0 Å². The van der Waals surface area contributed by atoms with Crippen LogP contribution in [-0.2, 0) is 0 Å². The van der Waals surface area contributed by atoms with Crippen LogP contribution in [0, 0.1) is 11.8 Å². The van der Waals surface area contributed by atoms with E-state index in [1.54, 1.807) is 0 Å². The van der Waals surface area contributed by atoms with E-state index in [1.165, 1.54) is 49.4 Å². The Labute approximate surface area is 110 Å². The Morgan fingerprint density at radius 1 is 1.18 bits per heavy atom. The van der Waals surface area contributed by atoms with Gasteiger partial charge >= 0.3 is 0 Å². The molecule has 0 amide bonds.